The van der Waals surface area contributed by atoms with E-state index in [1.807, 2.05) is 25.1 Å². The minimum absolute atomic E-state index is 0.258. The van der Waals surface area contributed by atoms with Gasteiger partial charge < -0.3 is 4.98 Å². The van der Waals surface area contributed by atoms with Gasteiger partial charge in [-0.2, -0.15) is 0 Å². The summed E-state index contributed by atoms with van der Waals surface area (Å²) in [6, 6.07) is 31.3. The third-order valence-corrected chi connectivity index (χ3v) is 7.28. The van der Waals surface area contributed by atoms with E-state index in [0.29, 0.717) is 5.16 Å². The molecule has 1 aromatic heterocycles. The molecule has 0 saturated heterocycles. The van der Waals surface area contributed by atoms with Crippen LogP contribution in [0.5, 0.6) is 0 Å². The molecule has 5 rings (SSSR count). The number of thioether (sulfide) groups is 1. The SMILES string of the molecule is Cc1ccc(C(NNC(=O)Sc2nc3ccc(C)cc3[nH]2)(c2ccc(C)cc2)c2ccc(C)cc2)cc1. The Labute approximate surface area is 221 Å². The van der Waals surface area contributed by atoms with Gasteiger partial charge in [-0.3, -0.25) is 10.2 Å². The lowest BCUT2D eigenvalue weighted by molar-refractivity contribution is 0.252. The van der Waals surface area contributed by atoms with Crippen molar-refractivity contribution in [1.82, 2.24) is 20.8 Å². The molecule has 0 aliphatic carbocycles. The first-order valence-electron chi connectivity index (χ1n) is 12.3. The zero-order valence-electron chi connectivity index (χ0n) is 21.4. The number of imidazole rings is 1. The summed E-state index contributed by atoms with van der Waals surface area (Å²) in [6.07, 6.45) is 0. The third-order valence-electron chi connectivity index (χ3n) is 6.61. The Kier molecular flexibility index (Phi) is 6.87. The maximum absolute atomic E-state index is 13.2. The van der Waals surface area contributed by atoms with E-state index in [1.165, 1.54) is 16.7 Å². The number of H-pyrrole nitrogens is 1. The summed E-state index contributed by atoms with van der Waals surface area (Å²) in [4.78, 5) is 21.0. The fraction of sp³-hybridized carbons (Fsp3) is 0.161. The molecule has 0 bridgehead atoms. The number of fused-ring (bicyclic) bond motifs is 1. The number of hydrogen-bond acceptors (Lipinski definition) is 4. The van der Waals surface area contributed by atoms with Crippen molar-refractivity contribution in [2.75, 3.05) is 0 Å². The Bertz CT molecular complexity index is 1430. The summed E-state index contributed by atoms with van der Waals surface area (Å²) in [7, 11) is 0. The number of carbonyl (C=O) groups is 1. The van der Waals surface area contributed by atoms with Crippen molar-refractivity contribution in [2.24, 2.45) is 0 Å². The number of aromatic nitrogens is 2. The van der Waals surface area contributed by atoms with E-state index in [1.54, 1.807) is 0 Å². The highest BCUT2D eigenvalue weighted by Crippen LogP contribution is 2.37. The number of rotatable bonds is 6. The zero-order valence-corrected chi connectivity index (χ0v) is 22.2. The van der Waals surface area contributed by atoms with Gasteiger partial charge in [-0.1, -0.05) is 95.6 Å². The Balaban J connectivity index is 1.53. The summed E-state index contributed by atoms with van der Waals surface area (Å²) >= 11 is 1.03. The van der Waals surface area contributed by atoms with E-state index in [-0.39, 0.29) is 5.24 Å². The van der Waals surface area contributed by atoms with Crippen molar-refractivity contribution in [1.29, 1.82) is 0 Å². The van der Waals surface area contributed by atoms with Crippen molar-refractivity contribution in [2.45, 2.75) is 38.4 Å². The molecule has 37 heavy (non-hydrogen) atoms. The lowest BCUT2D eigenvalue weighted by atomic mass is 9.77. The second-order valence-corrected chi connectivity index (χ2v) is 10.5. The molecule has 0 unspecified atom stereocenters. The van der Waals surface area contributed by atoms with Crippen LogP contribution in [0.4, 0.5) is 4.79 Å². The van der Waals surface area contributed by atoms with Crippen LogP contribution in [0.15, 0.2) is 96.2 Å². The fourth-order valence-electron chi connectivity index (χ4n) is 4.53. The van der Waals surface area contributed by atoms with Crippen LogP contribution in [0.2, 0.25) is 0 Å². The predicted molar refractivity (Wildman–Crippen MR) is 152 cm³/mol. The number of carbonyl (C=O) groups excluding carboxylic acids is 1. The van der Waals surface area contributed by atoms with E-state index in [4.69, 9.17) is 0 Å². The van der Waals surface area contributed by atoms with Crippen molar-refractivity contribution >= 4 is 28.0 Å². The number of benzene rings is 4. The average Bonchev–Trinajstić information content (AvgIpc) is 3.28. The largest absolute Gasteiger partial charge is 0.332 e. The number of nitrogens with zero attached hydrogens (tertiary/aromatic N) is 1. The Morgan fingerprint density at radius 2 is 1.16 bits per heavy atom. The molecule has 6 heteroatoms. The first kappa shape index (κ1) is 24.8. The van der Waals surface area contributed by atoms with Gasteiger partial charge in [0.2, 0.25) is 0 Å². The second-order valence-electron chi connectivity index (χ2n) is 9.55. The van der Waals surface area contributed by atoms with Crippen LogP contribution in [0.3, 0.4) is 0 Å². The lowest BCUT2D eigenvalue weighted by Crippen LogP contribution is -2.52. The normalized spacial score (nSPS) is 11.6. The van der Waals surface area contributed by atoms with Gasteiger partial charge in [0.25, 0.3) is 0 Å². The quantitative estimate of drug-likeness (QED) is 0.131. The van der Waals surface area contributed by atoms with Gasteiger partial charge in [0.15, 0.2) is 5.16 Å². The molecule has 1 amide bonds. The van der Waals surface area contributed by atoms with Gasteiger partial charge in [-0.05, 0) is 62.1 Å². The highest BCUT2D eigenvalue weighted by molar-refractivity contribution is 8.13. The van der Waals surface area contributed by atoms with E-state index >= 15 is 0 Å². The highest BCUT2D eigenvalue weighted by Gasteiger charge is 2.37. The summed E-state index contributed by atoms with van der Waals surface area (Å²) in [6.45, 7) is 8.25. The Hall–Kier alpha value is -3.87. The number of hydrazine groups is 1. The molecule has 5 aromatic rings. The monoisotopic (exact) mass is 506 g/mol. The minimum Gasteiger partial charge on any atom is -0.332 e. The van der Waals surface area contributed by atoms with Crippen LogP contribution in [0.25, 0.3) is 11.0 Å². The predicted octanol–water partition coefficient (Wildman–Crippen LogP) is 7.09. The van der Waals surface area contributed by atoms with E-state index in [2.05, 4.69) is 114 Å². The van der Waals surface area contributed by atoms with Gasteiger partial charge in [0.05, 0.1) is 11.0 Å². The van der Waals surface area contributed by atoms with Crippen LogP contribution in [0.1, 0.15) is 38.9 Å². The van der Waals surface area contributed by atoms with Crippen molar-refractivity contribution in [3.05, 3.63) is 130 Å². The van der Waals surface area contributed by atoms with Crippen molar-refractivity contribution in [3.8, 4) is 0 Å². The molecular weight excluding hydrogens is 476 g/mol. The average molecular weight is 507 g/mol. The van der Waals surface area contributed by atoms with E-state index < -0.39 is 5.54 Å². The molecule has 0 aliphatic rings. The first-order valence-corrected chi connectivity index (χ1v) is 13.1. The Morgan fingerprint density at radius 1 is 0.703 bits per heavy atom. The third kappa shape index (κ3) is 5.17. The molecule has 0 radical (unpaired) electrons. The van der Waals surface area contributed by atoms with Crippen LogP contribution < -0.4 is 10.9 Å². The van der Waals surface area contributed by atoms with Gasteiger partial charge in [0.1, 0.15) is 5.54 Å². The number of hydrogen-bond donors (Lipinski definition) is 3. The van der Waals surface area contributed by atoms with Gasteiger partial charge in [-0.15, -0.1) is 0 Å². The molecule has 1 heterocycles. The van der Waals surface area contributed by atoms with Crippen LogP contribution in [-0.4, -0.2) is 15.2 Å². The fourth-order valence-corrected chi connectivity index (χ4v) is 5.12. The van der Waals surface area contributed by atoms with E-state index in [9.17, 15) is 4.79 Å². The van der Waals surface area contributed by atoms with Crippen LogP contribution >= 0.6 is 11.8 Å². The number of amides is 1. The number of nitrogens with one attached hydrogen (secondary N) is 3. The molecule has 0 spiro atoms. The maximum atomic E-state index is 13.2. The van der Waals surface area contributed by atoms with Gasteiger partial charge in [-0.25, -0.2) is 10.4 Å². The smallest absolute Gasteiger partial charge is 0.300 e. The highest BCUT2D eigenvalue weighted by atomic mass is 32.2. The summed E-state index contributed by atoms with van der Waals surface area (Å²) in [5.74, 6) is 0. The second kappa shape index (κ2) is 10.2. The Morgan fingerprint density at radius 3 is 1.65 bits per heavy atom. The van der Waals surface area contributed by atoms with Crippen molar-refractivity contribution < 1.29 is 4.79 Å². The molecule has 0 atom stereocenters. The molecule has 0 saturated carbocycles. The number of aryl methyl sites for hydroxylation is 4. The van der Waals surface area contributed by atoms with E-state index in [0.717, 1.165) is 45.0 Å². The summed E-state index contributed by atoms with van der Waals surface area (Å²) < 4.78 is 0. The summed E-state index contributed by atoms with van der Waals surface area (Å²) in [5.41, 5.74) is 15.1. The standard InChI is InChI=1S/C31H30N4OS/c1-20-5-12-24(13-6-20)31(25-14-7-21(2)8-15-25,26-16-9-22(3)10-17-26)35-34-30(36)37-29-32-27-18-11-23(4)19-28(27)33-29/h5-19,35H,1-4H3,(H,32,33)(H,34,36). The first-order chi connectivity index (χ1) is 17.8. The summed E-state index contributed by atoms with van der Waals surface area (Å²) in [5, 5.41) is 0.290. The topological polar surface area (TPSA) is 69.8 Å². The zero-order chi connectivity index (χ0) is 26.0. The maximum Gasteiger partial charge on any atom is 0.300 e. The molecular formula is C31H30N4OS. The van der Waals surface area contributed by atoms with Gasteiger partial charge >= 0.3 is 5.24 Å². The van der Waals surface area contributed by atoms with Crippen LogP contribution in [0, 0.1) is 27.7 Å². The van der Waals surface area contributed by atoms with Crippen LogP contribution in [-0.2, 0) is 5.54 Å². The molecule has 0 fully saturated rings. The minimum atomic E-state index is -0.809. The molecule has 4 aromatic carbocycles. The molecule has 3 N–H and O–H groups in total. The van der Waals surface area contributed by atoms with Gasteiger partial charge in [0, 0.05) is 11.8 Å². The molecule has 0 aliphatic heterocycles. The molecule has 5 nitrogen and oxygen atoms in total. The number of aromatic amines is 1. The van der Waals surface area contributed by atoms with Crippen molar-refractivity contribution in [3.63, 3.8) is 0 Å². The lowest BCUT2D eigenvalue weighted by Gasteiger charge is -2.37. The molecule has 186 valence electrons.